The predicted molar refractivity (Wildman–Crippen MR) is 134 cm³/mol. The van der Waals surface area contributed by atoms with Crippen LogP contribution in [0.25, 0.3) is 16.1 Å². The molecule has 7 nitrogen and oxygen atoms in total. The number of amides is 1. The number of carbonyl (C=O) groups is 1. The molecule has 4 rings (SSSR count). The van der Waals surface area contributed by atoms with E-state index in [9.17, 15) is 18.4 Å². The van der Waals surface area contributed by atoms with Crippen LogP contribution in [0.15, 0.2) is 71.5 Å². The Morgan fingerprint density at radius 2 is 1.92 bits per heavy atom. The van der Waals surface area contributed by atoms with Crippen molar-refractivity contribution in [2.24, 2.45) is 0 Å². The van der Waals surface area contributed by atoms with Gasteiger partial charge in [0.25, 0.3) is 11.5 Å². The van der Waals surface area contributed by atoms with Crippen LogP contribution in [0, 0.1) is 11.6 Å². The summed E-state index contributed by atoms with van der Waals surface area (Å²) in [5.74, 6) is -1.52. The number of aliphatic hydroxyl groups excluding tert-OH is 1. The molecule has 0 aliphatic rings. The van der Waals surface area contributed by atoms with E-state index in [-0.39, 0.29) is 23.8 Å². The van der Waals surface area contributed by atoms with E-state index in [1.807, 2.05) is 12.1 Å². The molecular formula is C26H24F2N4O3S. The minimum absolute atomic E-state index is 0.00355. The lowest BCUT2D eigenvalue weighted by molar-refractivity contribution is 0.0933. The number of aromatic nitrogens is 2. The molecule has 0 radical (unpaired) electrons. The van der Waals surface area contributed by atoms with E-state index < -0.39 is 23.3 Å². The van der Waals surface area contributed by atoms with Crippen LogP contribution in [0.4, 0.5) is 8.78 Å². The van der Waals surface area contributed by atoms with Crippen molar-refractivity contribution in [2.45, 2.75) is 19.5 Å². The second-order valence-corrected chi connectivity index (χ2v) is 9.13. The third kappa shape index (κ3) is 5.73. The molecule has 0 unspecified atom stereocenters. The van der Waals surface area contributed by atoms with Crippen LogP contribution in [0.3, 0.4) is 0 Å². The smallest absolute Gasteiger partial charge is 0.272 e. The molecule has 0 saturated carbocycles. The predicted octanol–water partition coefficient (Wildman–Crippen LogP) is 3.81. The molecule has 0 fully saturated rings. The van der Waals surface area contributed by atoms with Crippen molar-refractivity contribution in [1.82, 2.24) is 20.4 Å². The molecule has 3 N–H and O–H groups in total. The Balaban J connectivity index is 1.53. The molecule has 0 aliphatic carbocycles. The van der Waals surface area contributed by atoms with Gasteiger partial charge in [0.15, 0.2) is 0 Å². The van der Waals surface area contributed by atoms with Gasteiger partial charge >= 0.3 is 0 Å². The summed E-state index contributed by atoms with van der Waals surface area (Å²) >= 11 is 1.41. The number of hydrogen-bond donors (Lipinski definition) is 3. The normalized spacial score (nSPS) is 11.9. The lowest BCUT2D eigenvalue weighted by Gasteiger charge is -2.13. The molecule has 36 heavy (non-hydrogen) atoms. The number of nitrogens with zero attached hydrogens (tertiary/aromatic N) is 2. The van der Waals surface area contributed by atoms with Crippen molar-refractivity contribution in [3.63, 3.8) is 0 Å². The maximum absolute atomic E-state index is 14.2. The van der Waals surface area contributed by atoms with Gasteiger partial charge in [-0.2, -0.15) is 9.78 Å². The first kappa shape index (κ1) is 25.4. The molecule has 2 aromatic carbocycles. The maximum atomic E-state index is 14.2. The van der Waals surface area contributed by atoms with Gasteiger partial charge in [0.2, 0.25) is 0 Å². The highest BCUT2D eigenvalue weighted by atomic mass is 32.1. The average Bonchev–Trinajstić information content (AvgIpc) is 3.36. The van der Waals surface area contributed by atoms with Crippen LogP contribution in [0.1, 0.15) is 33.9 Å². The highest BCUT2D eigenvalue weighted by Gasteiger charge is 2.18. The van der Waals surface area contributed by atoms with Gasteiger partial charge in [-0.25, -0.2) is 8.78 Å². The molecule has 0 aliphatic heterocycles. The van der Waals surface area contributed by atoms with Gasteiger partial charge in [0.1, 0.15) is 23.0 Å². The van der Waals surface area contributed by atoms with E-state index in [0.29, 0.717) is 13.1 Å². The van der Waals surface area contributed by atoms with Gasteiger partial charge in [0, 0.05) is 28.9 Å². The van der Waals surface area contributed by atoms with E-state index in [1.54, 1.807) is 19.1 Å². The number of carbonyl (C=O) groups excluding carboxylic acids is 1. The van der Waals surface area contributed by atoms with Crippen LogP contribution >= 0.6 is 11.3 Å². The Bertz CT molecular complexity index is 1440. The molecule has 0 spiro atoms. The largest absolute Gasteiger partial charge is 0.395 e. The molecule has 0 bridgehead atoms. The first-order valence-corrected chi connectivity index (χ1v) is 12.1. The Kier molecular flexibility index (Phi) is 7.99. The summed E-state index contributed by atoms with van der Waals surface area (Å²) in [4.78, 5) is 26.8. The number of para-hydroxylation sites is 1. The van der Waals surface area contributed by atoms with Gasteiger partial charge < -0.3 is 15.7 Å². The summed E-state index contributed by atoms with van der Waals surface area (Å²) in [5, 5.41) is 19.0. The zero-order valence-electron chi connectivity index (χ0n) is 19.4. The fraction of sp³-hybridized carbons (Fsp3) is 0.192. The number of halogens is 2. The van der Waals surface area contributed by atoms with Crippen LogP contribution < -0.4 is 16.2 Å². The van der Waals surface area contributed by atoms with Gasteiger partial charge in [-0.15, -0.1) is 11.3 Å². The summed E-state index contributed by atoms with van der Waals surface area (Å²) in [6.45, 7) is 2.70. The molecule has 186 valence electrons. The number of nitrogens with one attached hydrogen (secondary N) is 2. The second kappa shape index (κ2) is 11.3. The fourth-order valence-electron chi connectivity index (χ4n) is 3.63. The summed E-state index contributed by atoms with van der Waals surface area (Å²) in [5.41, 5.74) is 0.965. The number of aliphatic hydroxyl groups is 1. The topological polar surface area (TPSA) is 96.2 Å². The second-order valence-electron chi connectivity index (χ2n) is 8.02. The minimum atomic E-state index is -0.632. The van der Waals surface area contributed by atoms with Gasteiger partial charge in [0.05, 0.1) is 12.6 Å². The Morgan fingerprint density at radius 3 is 2.69 bits per heavy atom. The SMILES string of the molecule is C[C@@H](NC(=O)c1ccc(=O)n(-c2ccccc2F)n1)c1ccc(-c2cc(F)ccc2CNCCO)s1. The molecule has 2 heterocycles. The third-order valence-electron chi connectivity index (χ3n) is 5.46. The van der Waals surface area contributed by atoms with Crippen LogP contribution in [-0.4, -0.2) is 33.9 Å². The zero-order chi connectivity index (χ0) is 25.7. The van der Waals surface area contributed by atoms with Crippen molar-refractivity contribution in [1.29, 1.82) is 0 Å². The quantitative estimate of drug-likeness (QED) is 0.298. The molecule has 10 heteroatoms. The van der Waals surface area contributed by atoms with Crippen LogP contribution in [0.5, 0.6) is 0 Å². The number of benzene rings is 2. The molecule has 2 aromatic heterocycles. The number of hydrogen-bond acceptors (Lipinski definition) is 6. The maximum Gasteiger partial charge on any atom is 0.272 e. The van der Waals surface area contributed by atoms with Crippen molar-refractivity contribution in [3.8, 4) is 16.1 Å². The van der Waals surface area contributed by atoms with Crippen LogP contribution in [-0.2, 0) is 6.54 Å². The van der Waals surface area contributed by atoms with Crippen molar-refractivity contribution >= 4 is 17.2 Å². The van der Waals surface area contributed by atoms with E-state index >= 15 is 0 Å². The highest BCUT2D eigenvalue weighted by molar-refractivity contribution is 7.15. The van der Waals surface area contributed by atoms with E-state index in [1.165, 1.54) is 53.8 Å². The zero-order valence-corrected chi connectivity index (χ0v) is 20.2. The fourth-order valence-corrected chi connectivity index (χ4v) is 4.70. The Hall–Kier alpha value is -3.73. The van der Waals surface area contributed by atoms with E-state index in [4.69, 9.17) is 5.11 Å². The lowest BCUT2D eigenvalue weighted by Crippen LogP contribution is -2.30. The van der Waals surface area contributed by atoms with E-state index in [0.717, 1.165) is 25.6 Å². The summed E-state index contributed by atoms with van der Waals surface area (Å²) in [6, 6.07) is 16.0. The van der Waals surface area contributed by atoms with Crippen molar-refractivity contribution in [3.05, 3.63) is 105 Å². The van der Waals surface area contributed by atoms with Gasteiger partial charge in [-0.3, -0.25) is 9.59 Å². The minimum Gasteiger partial charge on any atom is -0.395 e. The number of thiophene rings is 1. The third-order valence-corrected chi connectivity index (χ3v) is 6.76. The van der Waals surface area contributed by atoms with Crippen molar-refractivity contribution in [2.75, 3.05) is 13.2 Å². The molecule has 0 saturated heterocycles. The molecule has 4 aromatic rings. The van der Waals surface area contributed by atoms with E-state index in [2.05, 4.69) is 15.7 Å². The van der Waals surface area contributed by atoms with Crippen molar-refractivity contribution < 1.29 is 18.7 Å². The number of rotatable bonds is 9. The van der Waals surface area contributed by atoms with Gasteiger partial charge in [-0.1, -0.05) is 18.2 Å². The monoisotopic (exact) mass is 510 g/mol. The standard InChI is InChI=1S/C26H24F2N4O3S/c1-16(23-9-10-24(36-23)19-14-18(27)7-6-17(19)15-29-12-13-33)30-26(35)21-8-11-25(34)32(31-21)22-5-3-2-4-20(22)28/h2-11,14,16,29,33H,12-13,15H2,1H3,(H,30,35)/t16-/m1/s1. The first-order chi connectivity index (χ1) is 17.4. The summed E-state index contributed by atoms with van der Waals surface area (Å²) in [7, 11) is 0. The summed E-state index contributed by atoms with van der Waals surface area (Å²) in [6.07, 6.45) is 0. The van der Waals surface area contributed by atoms with Crippen LogP contribution in [0.2, 0.25) is 0 Å². The highest BCUT2D eigenvalue weighted by Crippen LogP contribution is 2.34. The Labute approximate surface area is 210 Å². The molecule has 1 amide bonds. The average molecular weight is 511 g/mol. The van der Waals surface area contributed by atoms with Gasteiger partial charge in [-0.05, 0) is 60.5 Å². The Morgan fingerprint density at radius 1 is 1.11 bits per heavy atom. The lowest BCUT2D eigenvalue weighted by atomic mass is 10.1. The summed E-state index contributed by atoms with van der Waals surface area (Å²) < 4.78 is 29.0. The first-order valence-electron chi connectivity index (χ1n) is 11.2. The molecular weight excluding hydrogens is 486 g/mol. The molecule has 1 atom stereocenters.